The third-order valence-electron chi connectivity index (χ3n) is 5.15. The smallest absolute Gasteiger partial charge is 0.417 e. The van der Waals surface area contributed by atoms with Gasteiger partial charge in [-0.15, -0.1) is 0 Å². The summed E-state index contributed by atoms with van der Waals surface area (Å²) in [4.78, 5) is 28.8. The van der Waals surface area contributed by atoms with Crippen LogP contribution in [0.1, 0.15) is 39.2 Å². The van der Waals surface area contributed by atoms with Gasteiger partial charge in [0.1, 0.15) is 5.60 Å². The summed E-state index contributed by atoms with van der Waals surface area (Å²) in [7, 11) is 3.75. The van der Waals surface area contributed by atoms with E-state index in [9.17, 15) is 9.59 Å². The molecule has 1 saturated heterocycles. The summed E-state index contributed by atoms with van der Waals surface area (Å²) in [5.74, 6) is -0.257. The normalized spacial score (nSPS) is 17.8. The van der Waals surface area contributed by atoms with Gasteiger partial charge >= 0.3 is 6.09 Å². The van der Waals surface area contributed by atoms with Crippen LogP contribution in [-0.2, 0) is 16.0 Å². The van der Waals surface area contributed by atoms with Crippen LogP contribution in [0.5, 0.6) is 0 Å². The van der Waals surface area contributed by atoms with Gasteiger partial charge in [-0.05, 0) is 50.3 Å². The summed E-state index contributed by atoms with van der Waals surface area (Å²) in [6, 6.07) is 18.5. The van der Waals surface area contributed by atoms with Crippen LogP contribution in [0.25, 0.3) is 11.1 Å². The largest absolute Gasteiger partial charge is 0.443 e. The Balaban J connectivity index is 1.73. The van der Waals surface area contributed by atoms with Crippen LogP contribution in [0.3, 0.4) is 0 Å². The average molecular weight is 421 g/mol. The lowest BCUT2D eigenvalue weighted by Gasteiger charge is -2.27. The monoisotopic (exact) mass is 420 g/mol. The third kappa shape index (κ3) is 5.97. The van der Waals surface area contributed by atoms with Crippen molar-refractivity contribution < 1.29 is 14.3 Å². The highest BCUT2D eigenvalue weighted by Crippen LogP contribution is 2.30. The highest BCUT2D eigenvalue weighted by Gasteiger charge is 2.41. The molecular weight excluding hydrogens is 388 g/mol. The number of carbonyl (C=O) groups is 2. The zero-order valence-electron chi connectivity index (χ0n) is 19.1. The Morgan fingerprint density at radius 1 is 1.06 bits per heavy atom. The van der Waals surface area contributed by atoms with Crippen LogP contribution in [0.15, 0.2) is 66.4 Å². The topological polar surface area (TPSA) is 49.9 Å². The first-order valence-electron chi connectivity index (χ1n) is 10.7. The molecule has 164 valence electrons. The number of nitrogens with zero attached hydrogens (tertiary/aromatic N) is 2. The molecule has 2 aromatic rings. The van der Waals surface area contributed by atoms with E-state index in [1.54, 1.807) is 6.20 Å². The number of rotatable bonds is 5. The molecule has 1 aliphatic heterocycles. The Morgan fingerprint density at radius 2 is 1.68 bits per heavy atom. The first-order valence-corrected chi connectivity index (χ1v) is 10.7. The van der Waals surface area contributed by atoms with Gasteiger partial charge in [0.25, 0.3) is 5.91 Å². The van der Waals surface area contributed by atoms with Gasteiger partial charge in [0.15, 0.2) is 0 Å². The maximum Gasteiger partial charge on any atom is 0.417 e. The van der Waals surface area contributed by atoms with Gasteiger partial charge in [-0.1, -0.05) is 54.6 Å². The fourth-order valence-electron chi connectivity index (χ4n) is 3.77. The second kappa shape index (κ2) is 9.38. The van der Waals surface area contributed by atoms with E-state index in [0.717, 1.165) is 6.42 Å². The van der Waals surface area contributed by atoms with Crippen molar-refractivity contribution in [2.75, 3.05) is 14.1 Å². The molecule has 0 aromatic heterocycles. The Morgan fingerprint density at radius 3 is 2.26 bits per heavy atom. The van der Waals surface area contributed by atoms with Crippen LogP contribution in [0, 0.1) is 0 Å². The number of amides is 2. The number of hydrogen-bond donors (Lipinski definition) is 0. The van der Waals surface area contributed by atoms with Crippen molar-refractivity contribution in [2.45, 2.75) is 51.7 Å². The van der Waals surface area contributed by atoms with Crippen molar-refractivity contribution in [1.82, 2.24) is 9.80 Å². The summed E-state index contributed by atoms with van der Waals surface area (Å²) in [6.07, 6.45) is 3.25. The maximum atomic E-state index is 12.9. The molecule has 0 bridgehead atoms. The van der Waals surface area contributed by atoms with Crippen LogP contribution in [-0.4, -0.2) is 47.5 Å². The zero-order valence-corrected chi connectivity index (χ0v) is 19.1. The summed E-state index contributed by atoms with van der Waals surface area (Å²) >= 11 is 0. The van der Waals surface area contributed by atoms with Crippen LogP contribution >= 0.6 is 0 Å². The molecule has 1 atom stereocenters. The second-order valence-electron chi connectivity index (χ2n) is 9.23. The Hall–Kier alpha value is -3.08. The van der Waals surface area contributed by atoms with Crippen molar-refractivity contribution >= 4 is 12.0 Å². The lowest BCUT2D eigenvalue weighted by molar-refractivity contribution is -0.125. The number of hydrogen-bond acceptors (Lipinski definition) is 4. The van der Waals surface area contributed by atoms with Gasteiger partial charge in [0.05, 0.1) is 0 Å². The quantitative estimate of drug-likeness (QED) is 0.619. The van der Waals surface area contributed by atoms with Crippen molar-refractivity contribution in [2.24, 2.45) is 0 Å². The number of imide groups is 1. The molecule has 5 nitrogen and oxygen atoms in total. The highest BCUT2D eigenvalue weighted by atomic mass is 16.6. The Bertz CT molecular complexity index is 941. The third-order valence-corrected chi connectivity index (χ3v) is 5.15. The molecule has 2 aromatic carbocycles. The van der Waals surface area contributed by atoms with E-state index in [1.165, 1.54) is 21.6 Å². The van der Waals surface area contributed by atoms with Crippen LogP contribution in [0.4, 0.5) is 4.79 Å². The molecule has 1 heterocycles. The van der Waals surface area contributed by atoms with E-state index < -0.39 is 11.7 Å². The molecule has 3 rings (SSSR count). The van der Waals surface area contributed by atoms with Gasteiger partial charge in [0, 0.05) is 38.3 Å². The minimum absolute atomic E-state index is 0.206. The first-order chi connectivity index (χ1) is 14.6. The number of likely N-dealkylation sites (tertiary alicyclic amines) is 1. The molecule has 1 fully saturated rings. The van der Waals surface area contributed by atoms with Crippen LogP contribution in [0.2, 0.25) is 0 Å². The second-order valence-corrected chi connectivity index (χ2v) is 9.23. The standard InChI is InChI=1S/C26H32N2O3/c1-26(2,3)31-25(30)28-23(17-22(24(28)29)18-27(4)5)16-13-19-11-14-21(15-12-19)20-9-7-6-8-10-20/h6-12,14-15,18,23H,13,16-17H2,1-5H3/b22-18+/t23-/m1/s1. The number of aryl methyl sites for hydroxylation is 1. The number of carbonyl (C=O) groups excluding carboxylic acids is 2. The summed E-state index contributed by atoms with van der Waals surface area (Å²) in [5.41, 5.74) is 3.53. The van der Waals surface area contributed by atoms with Crippen LogP contribution < -0.4 is 0 Å². The molecule has 0 aliphatic carbocycles. The van der Waals surface area contributed by atoms with E-state index in [2.05, 4.69) is 36.4 Å². The van der Waals surface area contributed by atoms with Gasteiger partial charge in [-0.3, -0.25) is 4.79 Å². The number of ether oxygens (including phenoxy) is 1. The van der Waals surface area contributed by atoms with E-state index >= 15 is 0 Å². The van der Waals surface area contributed by atoms with Gasteiger partial charge in [-0.2, -0.15) is 0 Å². The fourth-order valence-corrected chi connectivity index (χ4v) is 3.77. The maximum absolute atomic E-state index is 12.9. The van der Waals surface area contributed by atoms with Gasteiger partial charge < -0.3 is 9.64 Å². The number of benzene rings is 2. The molecule has 31 heavy (non-hydrogen) atoms. The van der Waals surface area contributed by atoms with E-state index in [4.69, 9.17) is 4.74 Å². The first kappa shape index (κ1) is 22.6. The van der Waals surface area contributed by atoms with E-state index in [0.29, 0.717) is 18.4 Å². The van der Waals surface area contributed by atoms with Crippen molar-refractivity contribution in [3.63, 3.8) is 0 Å². The Kier molecular flexibility index (Phi) is 6.84. The molecule has 5 heteroatoms. The predicted molar refractivity (Wildman–Crippen MR) is 123 cm³/mol. The van der Waals surface area contributed by atoms with Gasteiger partial charge in [0.2, 0.25) is 0 Å². The zero-order chi connectivity index (χ0) is 22.6. The summed E-state index contributed by atoms with van der Waals surface area (Å²) < 4.78 is 5.52. The molecule has 0 saturated carbocycles. The molecule has 2 amide bonds. The average Bonchev–Trinajstić information content (AvgIpc) is 3.01. The van der Waals surface area contributed by atoms with E-state index in [-0.39, 0.29) is 11.9 Å². The highest BCUT2D eigenvalue weighted by molar-refractivity contribution is 6.05. The minimum Gasteiger partial charge on any atom is -0.443 e. The van der Waals surface area contributed by atoms with Crippen molar-refractivity contribution in [3.8, 4) is 11.1 Å². The molecule has 0 N–H and O–H groups in total. The summed E-state index contributed by atoms with van der Waals surface area (Å²) in [6.45, 7) is 5.43. The van der Waals surface area contributed by atoms with Gasteiger partial charge in [-0.25, -0.2) is 9.69 Å². The van der Waals surface area contributed by atoms with Crippen molar-refractivity contribution in [1.29, 1.82) is 0 Å². The van der Waals surface area contributed by atoms with E-state index in [1.807, 2.05) is 58.0 Å². The predicted octanol–water partition coefficient (Wildman–Crippen LogP) is 5.27. The molecule has 0 radical (unpaired) electrons. The Labute approximate surface area is 185 Å². The summed E-state index contributed by atoms with van der Waals surface area (Å²) in [5, 5.41) is 0. The minimum atomic E-state index is -0.650. The lowest BCUT2D eigenvalue weighted by atomic mass is 9.99. The fraction of sp³-hybridized carbons (Fsp3) is 0.385. The van der Waals surface area contributed by atoms with Crippen molar-refractivity contribution in [3.05, 3.63) is 71.9 Å². The molecule has 1 aliphatic rings. The molecule has 0 spiro atoms. The molecule has 0 unspecified atom stereocenters. The molecular formula is C26H32N2O3. The lowest BCUT2D eigenvalue weighted by Crippen LogP contribution is -2.42. The SMILES string of the molecule is CN(C)/C=C1\C[C@@H](CCc2ccc(-c3ccccc3)cc2)N(C(=O)OC(C)(C)C)C1=O.